The van der Waals surface area contributed by atoms with Crippen molar-refractivity contribution in [2.75, 3.05) is 19.7 Å². The number of aromatic nitrogens is 2. The van der Waals surface area contributed by atoms with Crippen LogP contribution in [0.15, 0.2) is 6.07 Å². The fraction of sp³-hybridized carbons (Fsp3) is 0.562. The molecule has 1 atom stereocenters. The van der Waals surface area contributed by atoms with E-state index in [9.17, 15) is 9.59 Å². The maximum absolute atomic E-state index is 12.8. The number of piperidine rings is 1. The van der Waals surface area contributed by atoms with E-state index in [1.54, 1.807) is 11.8 Å². The minimum absolute atomic E-state index is 0.000372. The highest BCUT2D eigenvalue weighted by Gasteiger charge is 2.30. The van der Waals surface area contributed by atoms with Gasteiger partial charge in [0.05, 0.1) is 23.1 Å². The van der Waals surface area contributed by atoms with Gasteiger partial charge >= 0.3 is 5.97 Å². The minimum atomic E-state index is -0.203. The number of nitrogens with zero attached hydrogens (tertiary/aromatic N) is 3. The predicted octanol–water partition coefficient (Wildman–Crippen LogP) is 2.36. The van der Waals surface area contributed by atoms with Crippen molar-refractivity contribution in [3.05, 3.63) is 16.6 Å². The monoisotopic (exact) mass is 335 g/mol. The van der Waals surface area contributed by atoms with Crippen molar-refractivity contribution in [1.29, 1.82) is 0 Å². The molecule has 7 heteroatoms. The number of ether oxygens (including phenoxy) is 1. The SMILES string of the molecule is CCOC(=O)[C@H]1CCCN(C(=O)c2cc3c(C)nn(C)c3s2)C1. The lowest BCUT2D eigenvalue weighted by molar-refractivity contribution is -0.149. The van der Waals surface area contributed by atoms with Crippen LogP contribution in [0.4, 0.5) is 0 Å². The van der Waals surface area contributed by atoms with Crippen molar-refractivity contribution in [2.45, 2.75) is 26.7 Å². The molecule has 0 aliphatic carbocycles. The molecule has 1 fully saturated rings. The van der Waals surface area contributed by atoms with Crippen LogP contribution < -0.4 is 0 Å². The smallest absolute Gasteiger partial charge is 0.310 e. The highest BCUT2D eigenvalue weighted by molar-refractivity contribution is 7.20. The predicted molar refractivity (Wildman–Crippen MR) is 88.6 cm³/mol. The van der Waals surface area contributed by atoms with E-state index >= 15 is 0 Å². The van der Waals surface area contributed by atoms with Crippen molar-refractivity contribution in [3.63, 3.8) is 0 Å². The van der Waals surface area contributed by atoms with Gasteiger partial charge in [-0.05, 0) is 32.8 Å². The fourth-order valence-electron chi connectivity index (χ4n) is 3.08. The van der Waals surface area contributed by atoms with Gasteiger partial charge in [-0.1, -0.05) is 0 Å². The van der Waals surface area contributed by atoms with E-state index in [0.29, 0.717) is 24.6 Å². The summed E-state index contributed by atoms with van der Waals surface area (Å²) >= 11 is 1.46. The Bertz CT molecular complexity index is 715. The van der Waals surface area contributed by atoms with Crippen molar-refractivity contribution < 1.29 is 14.3 Å². The number of amides is 1. The molecule has 6 nitrogen and oxygen atoms in total. The number of aryl methyl sites for hydroxylation is 2. The van der Waals surface area contributed by atoms with Gasteiger partial charge in [0.25, 0.3) is 5.91 Å². The Morgan fingerprint density at radius 3 is 2.96 bits per heavy atom. The van der Waals surface area contributed by atoms with Gasteiger partial charge in [0.2, 0.25) is 0 Å². The van der Waals surface area contributed by atoms with Crippen LogP contribution in [-0.2, 0) is 16.6 Å². The summed E-state index contributed by atoms with van der Waals surface area (Å²) in [5.74, 6) is -0.397. The zero-order valence-corrected chi connectivity index (χ0v) is 14.5. The molecule has 1 aliphatic rings. The number of carbonyl (C=O) groups excluding carboxylic acids is 2. The highest BCUT2D eigenvalue weighted by atomic mass is 32.1. The van der Waals surface area contributed by atoms with Crippen molar-refractivity contribution in [3.8, 4) is 0 Å². The molecule has 2 aromatic heterocycles. The summed E-state index contributed by atoms with van der Waals surface area (Å²) in [6.45, 7) is 5.27. The molecule has 0 N–H and O–H groups in total. The van der Waals surface area contributed by atoms with Crippen LogP contribution in [0.5, 0.6) is 0 Å². The normalized spacial score (nSPS) is 18.4. The Hall–Kier alpha value is -1.89. The van der Waals surface area contributed by atoms with Crippen LogP contribution in [0, 0.1) is 12.8 Å². The summed E-state index contributed by atoms with van der Waals surface area (Å²) in [6.07, 6.45) is 1.62. The van der Waals surface area contributed by atoms with Crippen LogP contribution in [0.1, 0.15) is 35.1 Å². The lowest BCUT2D eigenvalue weighted by atomic mass is 9.98. The third-order valence-electron chi connectivity index (χ3n) is 4.24. The molecular weight excluding hydrogens is 314 g/mol. The van der Waals surface area contributed by atoms with Gasteiger partial charge in [-0.2, -0.15) is 5.10 Å². The summed E-state index contributed by atoms with van der Waals surface area (Å²) in [5, 5.41) is 5.39. The van der Waals surface area contributed by atoms with Gasteiger partial charge in [0, 0.05) is 25.5 Å². The number of esters is 1. The number of likely N-dealkylation sites (tertiary alicyclic amines) is 1. The highest BCUT2D eigenvalue weighted by Crippen LogP contribution is 2.29. The summed E-state index contributed by atoms with van der Waals surface area (Å²) in [5.41, 5.74) is 0.931. The van der Waals surface area contributed by atoms with Crippen LogP contribution >= 0.6 is 11.3 Å². The van der Waals surface area contributed by atoms with Crippen LogP contribution in [-0.4, -0.2) is 46.3 Å². The van der Waals surface area contributed by atoms with Crippen molar-refractivity contribution >= 4 is 33.4 Å². The largest absolute Gasteiger partial charge is 0.466 e. The molecule has 23 heavy (non-hydrogen) atoms. The molecule has 0 aromatic carbocycles. The average Bonchev–Trinajstić information content (AvgIpc) is 3.09. The summed E-state index contributed by atoms with van der Waals surface area (Å²) in [6, 6.07) is 1.92. The maximum atomic E-state index is 12.8. The van der Waals surface area contributed by atoms with Crippen LogP contribution in [0.25, 0.3) is 10.2 Å². The topological polar surface area (TPSA) is 64.4 Å². The lowest BCUT2D eigenvalue weighted by Gasteiger charge is -2.31. The molecule has 0 unspecified atom stereocenters. The molecule has 0 radical (unpaired) electrons. The summed E-state index contributed by atoms with van der Waals surface area (Å²) < 4.78 is 6.91. The van der Waals surface area contributed by atoms with Gasteiger partial charge in [0.1, 0.15) is 4.83 Å². The van der Waals surface area contributed by atoms with E-state index in [0.717, 1.165) is 28.8 Å². The first-order chi connectivity index (χ1) is 11.0. The van der Waals surface area contributed by atoms with E-state index in [1.165, 1.54) is 11.3 Å². The molecule has 2 aromatic rings. The molecule has 1 aliphatic heterocycles. The molecule has 0 saturated carbocycles. The van der Waals surface area contributed by atoms with Crippen LogP contribution in [0.3, 0.4) is 0 Å². The Balaban J connectivity index is 1.78. The molecular formula is C16H21N3O3S. The standard InChI is InChI=1S/C16H21N3O3S/c1-4-22-16(21)11-6-5-7-19(9-11)14(20)13-8-12-10(2)17-18(3)15(12)23-13/h8,11H,4-7,9H2,1-3H3/t11-/m0/s1. The second kappa shape index (κ2) is 6.31. The van der Waals surface area contributed by atoms with Crippen LogP contribution in [0.2, 0.25) is 0 Å². The third-order valence-corrected chi connectivity index (χ3v) is 5.43. The Morgan fingerprint density at radius 2 is 2.26 bits per heavy atom. The van der Waals surface area contributed by atoms with E-state index in [2.05, 4.69) is 5.10 Å². The summed E-state index contributed by atoms with van der Waals surface area (Å²) in [4.78, 5) is 28.2. The fourth-order valence-corrected chi connectivity index (χ4v) is 4.17. The number of rotatable bonds is 3. The maximum Gasteiger partial charge on any atom is 0.310 e. The zero-order chi connectivity index (χ0) is 16.6. The number of hydrogen-bond acceptors (Lipinski definition) is 5. The first kappa shape index (κ1) is 16.0. The number of thiophene rings is 1. The number of fused-ring (bicyclic) bond motifs is 1. The first-order valence-corrected chi connectivity index (χ1v) is 8.72. The Labute approximate surface area is 139 Å². The van der Waals surface area contributed by atoms with E-state index in [1.807, 2.05) is 24.7 Å². The number of carbonyl (C=O) groups is 2. The van der Waals surface area contributed by atoms with Gasteiger partial charge in [-0.15, -0.1) is 11.3 Å². The minimum Gasteiger partial charge on any atom is -0.466 e. The van der Waals surface area contributed by atoms with E-state index < -0.39 is 0 Å². The quantitative estimate of drug-likeness (QED) is 0.808. The van der Waals surface area contributed by atoms with Gasteiger partial charge in [0.15, 0.2) is 0 Å². The third kappa shape index (κ3) is 2.97. The van der Waals surface area contributed by atoms with E-state index in [-0.39, 0.29) is 17.8 Å². The molecule has 1 saturated heterocycles. The summed E-state index contributed by atoms with van der Waals surface area (Å²) in [7, 11) is 1.89. The zero-order valence-electron chi connectivity index (χ0n) is 13.7. The lowest BCUT2D eigenvalue weighted by Crippen LogP contribution is -2.42. The Morgan fingerprint density at radius 1 is 1.48 bits per heavy atom. The molecule has 3 rings (SSSR count). The molecule has 0 spiro atoms. The second-order valence-corrected chi connectivity index (χ2v) is 6.91. The van der Waals surface area contributed by atoms with Gasteiger partial charge in [-0.25, -0.2) is 0 Å². The average molecular weight is 335 g/mol. The Kier molecular flexibility index (Phi) is 4.39. The number of hydrogen-bond donors (Lipinski definition) is 0. The second-order valence-electron chi connectivity index (χ2n) is 5.88. The van der Waals surface area contributed by atoms with Gasteiger partial charge < -0.3 is 9.64 Å². The van der Waals surface area contributed by atoms with Crippen molar-refractivity contribution in [2.24, 2.45) is 13.0 Å². The first-order valence-electron chi connectivity index (χ1n) is 7.90. The molecule has 3 heterocycles. The molecule has 124 valence electrons. The van der Waals surface area contributed by atoms with Gasteiger partial charge in [-0.3, -0.25) is 14.3 Å². The molecule has 1 amide bonds. The van der Waals surface area contributed by atoms with E-state index in [4.69, 9.17) is 4.74 Å². The molecule has 0 bridgehead atoms. The van der Waals surface area contributed by atoms with Crippen molar-refractivity contribution in [1.82, 2.24) is 14.7 Å².